The number of benzene rings is 1. The number of hydrogen-bond acceptors (Lipinski definition) is 8. The molecular formula is C29H40BN5O6. The molecule has 0 unspecified atom stereocenters. The number of aryl methyl sites for hydroxylation is 1. The highest BCUT2D eigenvalue weighted by molar-refractivity contribution is 6.48. The Labute approximate surface area is 241 Å². The maximum atomic E-state index is 14.0. The Balaban J connectivity index is 1.59. The average Bonchev–Trinajstić information content (AvgIpc) is 3.18. The van der Waals surface area contributed by atoms with E-state index in [4.69, 9.17) is 19.8 Å². The molecule has 2 aliphatic heterocycles. The highest BCUT2D eigenvalue weighted by Crippen LogP contribution is 2.38. The lowest BCUT2D eigenvalue weighted by molar-refractivity contribution is -0.138. The van der Waals surface area contributed by atoms with Crippen LogP contribution in [0.1, 0.15) is 74.6 Å². The van der Waals surface area contributed by atoms with Gasteiger partial charge in [-0.15, -0.1) is 0 Å². The topological polar surface area (TPSA) is 146 Å². The molecular weight excluding hydrogens is 525 g/mol. The molecule has 3 heterocycles. The highest BCUT2D eigenvalue weighted by atomic mass is 16.7. The third-order valence-corrected chi connectivity index (χ3v) is 8.10. The molecule has 0 spiro atoms. The Bertz CT molecular complexity index is 1210. The quantitative estimate of drug-likeness (QED) is 0.394. The molecule has 220 valence electrons. The zero-order valence-corrected chi connectivity index (χ0v) is 24.3. The number of hydrogen-bond donors (Lipinski definition) is 2. The maximum absolute atomic E-state index is 14.0. The zero-order valence-electron chi connectivity index (χ0n) is 24.3. The molecule has 0 saturated carbocycles. The lowest BCUT2D eigenvalue weighted by atomic mass is 9.74. The fourth-order valence-corrected chi connectivity index (χ4v) is 5.01. The van der Waals surface area contributed by atoms with Gasteiger partial charge in [-0.1, -0.05) is 30.3 Å². The van der Waals surface area contributed by atoms with Crippen molar-refractivity contribution in [1.29, 1.82) is 0 Å². The standard InChI is InChI=1S/C29H40BN5O6/c1-28(2)29(3,4)41-30(40-28)22(12-8-11-20-9-6-5-7-10-20)34-27(38)21(19-23(36)35-15-17-39-18-16-35)24-25(26(31)37)33-14-13-32-24/h5-7,9-10,13-14,21-22H,8,11-12,15-19H2,1-4H3,(H2,31,37)(H,34,38)/t21-,22-/m0/s1. The van der Waals surface area contributed by atoms with Crippen LogP contribution in [0.5, 0.6) is 0 Å². The SMILES string of the molecule is CC1(C)OB([C@H](CCCc2ccccc2)NC(=O)[C@@H](CC(=O)N2CCOCC2)c2nccnc2C(N)=O)OC1(C)C. The van der Waals surface area contributed by atoms with Gasteiger partial charge in [0.2, 0.25) is 11.8 Å². The Morgan fingerprint density at radius 1 is 1.02 bits per heavy atom. The number of amides is 3. The smallest absolute Gasteiger partial charge is 0.402 e. The van der Waals surface area contributed by atoms with E-state index in [2.05, 4.69) is 27.4 Å². The van der Waals surface area contributed by atoms with Crippen molar-refractivity contribution in [2.45, 2.75) is 76.4 Å². The van der Waals surface area contributed by atoms with Gasteiger partial charge in [-0.3, -0.25) is 19.4 Å². The first-order chi connectivity index (χ1) is 19.5. The number of morpholine rings is 1. The van der Waals surface area contributed by atoms with Crippen molar-refractivity contribution in [3.05, 3.63) is 59.7 Å². The number of primary amides is 1. The van der Waals surface area contributed by atoms with Crippen LogP contribution in [0, 0.1) is 0 Å². The van der Waals surface area contributed by atoms with Crippen molar-refractivity contribution in [3.8, 4) is 0 Å². The molecule has 0 bridgehead atoms. The Morgan fingerprint density at radius 2 is 1.66 bits per heavy atom. The summed E-state index contributed by atoms with van der Waals surface area (Å²) >= 11 is 0. The normalized spacial score (nSPS) is 19.4. The van der Waals surface area contributed by atoms with Crippen molar-refractivity contribution in [2.24, 2.45) is 5.73 Å². The van der Waals surface area contributed by atoms with Crippen LogP contribution in [0.3, 0.4) is 0 Å². The first-order valence-corrected chi connectivity index (χ1v) is 14.1. The maximum Gasteiger partial charge on any atom is 0.481 e. The molecule has 1 aromatic carbocycles. The minimum atomic E-state index is -1.10. The molecule has 2 fully saturated rings. The zero-order chi connectivity index (χ0) is 29.6. The average molecular weight is 565 g/mol. The van der Waals surface area contributed by atoms with Gasteiger partial charge in [0.05, 0.1) is 42.0 Å². The van der Waals surface area contributed by atoms with Gasteiger partial charge >= 0.3 is 7.12 Å². The number of aromatic nitrogens is 2. The molecule has 1 aromatic heterocycles. The number of carbonyl (C=O) groups is 3. The third kappa shape index (κ3) is 7.49. The summed E-state index contributed by atoms with van der Waals surface area (Å²) in [6.07, 6.45) is 4.64. The molecule has 2 aromatic rings. The lowest BCUT2D eigenvalue weighted by Crippen LogP contribution is -2.50. The van der Waals surface area contributed by atoms with E-state index < -0.39 is 42.0 Å². The van der Waals surface area contributed by atoms with Crippen LogP contribution in [-0.2, 0) is 30.1 Å². The number of carbonyl (C=O) groups excluding carboxylic acids is 3. The molecule has 0 radical (unpaired) electrons. The Hall–Kier alpha value is -3.35. The number of nitrogens with one attached hydrogen (secondary N) is 1. The molecule has 41 heavy (non-hydrogen) atoms. The van der Waals surface area contributed by atoms with E-state index in [0.29, 0.717) is 32.7 Å². The van der Waals surface area contributed by atoms with Crippen molar-refractivity contribution in [2.75, 3.05) is 26.3 Å². The Kier molecular flexibility index (Phi) is 9.78. The fraction of sp³-hybridized carbons (Fsp3) is 0.552. The van der Waals surface area contributed by atoms with E-state index in [1.54, 1.807) is 4.90 Å². The Morgan fingerprint density at radius 3 is 2.29 bits per heavy atom. The molecule has 4 rings (SSSR count). The predicted octanol–water partition coefficient (Wildman–Crippen LogP) is 2.05. The summed E-state index contributed by atoms with van der Waals surface area (Å²) in [5.41, 5.74) is 5.49. The lowest BCUT2D eigenvalue weighted by Gasteiger charge is -2.32. The molecule has 3 amide bonds. The van der Waals surface area contributed by atoms with Gasteiger partial charge in [-0.2, -0.15) is 0 Å². The molecule has 2 aliphatic rings. The molecule has 11 nitrogen and oxygen atoms in total. The monoisotopic (exact) mass is 565 g/mol. The van der Waals surface area contributed by atoms with Crippen LogP contribution >= 0.6 is 0 Å². The van der Waals surface area contributed by atoms with E-state index in [1.165, 1.54) is 18.0 Å². The molecule has 12 heteroatoms. The predicted molar refractivity (Wildman–Crippen MR) is 153 cm³/mol. The van der Waals surface area contributed by atoms with E-state index in [9.17, 15) is 14.4 Å². The van der Waals surface area contributed by atoms with Gasteiger partial charge in [0.15, 0.2) is 0 Å². The fourth-order valence-electron chi connectivity index (χ4n) is 5.01. The van der Waals surface area contributed by atoms with E-state index in [1.807, 2.05) is 45.9 Å². The van der Waals surface area contributed by atoms with Crippen molar-refractivity contribution in [1.82, 2.24) is 20.2 Å². The molecule has 2 atom stereocenters. The molecule has 2 saturated heterocycles. The second-order valence-corrected chi connectivity index (χ2v) is 11.5. The number of nitrogens with two attached hydrogens (primary N) is 1. The largest absolute Gasteiger partial charge is 0.481 e. The summed E-state index contributed by atoms with van der Waals surface area (Å²) in [6.45, 7) is 9.52. The van der Waals surface area contributed by atoms with Crippen LogP contribution < -0.4 is 11.1 Å². The summed E-state index contributed by atoms with van der Waals surface area (Å²) < 4.78 is 18.0. The van der Waals surface area contributed by atoms with E-state index in [0.717, 1.165) is 12.8 Å². The first kappa shape index (κ1) is 30.6. The van der Waals surface area contributed by atoms with Crippen molar-refractivity contribution >= 4 is 24.8 Å². The summed E-state index contributed by atoms with van der Waals surface area (Å²) in [6, 6.07) is 10.1. The minimum absolute atomic E-state index is 0.0658. The summed E-state index contributed by atoms with van der Waals surface area (Å²) in [7, 11) is -0.715. The number of ether oxygens (including phenoxy) is 1. The first-order valence-electron chi connectivity index (χ1n) is 14.1. The van der Waals surface area contributed by atoms with Gasteiger partial charge < -0.3 is 30.0 Å². The third-order valence-electron chi connectivity index (χ3n) is 8.10. The van der Waals surface area contributed by atoms with E-state index >= 15 is 0 Å². The molecule has 0 aliphatic carbocycles. The van der Waals surface area contributed by atoms with Crippen LogP contribution in [0.15, 0.2) is 42.7 Å². The van der Waals surface area contributed by atoms with Gasteiger partial charge in [0.25, 0.3) is 5.91 Å². The number of rotatable bonds is 11. The minimum Gasteiger partial charge on any atom is -0.402 e. The number of nitrogens with zero attached hydrogens (tertiary/aromatic N) is 3. The van der Waals surface area contributed by atoms with Gasteiger partial charge in [0, 0.05) is 31.9 Å². The van der Waals surface area contributed by atoms with Crippen molar-refractivity contribution < 1.29 is 28.4 Å². The van der Waals surface area contributed by atoms with Gasteiger partial charge in [0.1, 0.15) is 5.69 Å². The van der Waals surface area contributed by atoms with Crippen LogP contribution in [0.25, 0.3) is 0 Å². The summed E-state index contributed by atoms with van der Waals surface area (Å²) in [5, 5.41) is 3.09. The van der Waals surface area contributed by atoms with Gasteiger partial charge in [-0.05, 0) is 52.5 Å². The summed E-state index contributed by atoms with van der Waals surface area (Å²) in [5.74, 6) is -3.17. The van der Waals surface area contributed by atoms with Crippen LogP contribution in [-0.4, -0.2) is 83.2 Å². The van der Waals surface area contributed by atoms with Crippen molar-refractivity contribution in [3.63, 3.8) is 0 Å². The van der Waals surface area contributed by atoms with Gasteiger partial charge in [-0.25, -0.2) is 4.98 Å². The second-order valence-electron chi connectivity index (χ2n) is 11.5. The second kappa shape index (κ2) is 13.1. The van der Waals surface area contributed by atoms with E-state index in [-0.39, 0.29) is 23.7 Å². The van der Waals surface area contributed by atoms with Crippen LogP contribution in [0.4, 0.5) is 0 Å². The summed E-state index contributed by atoms with van der Waals surface area (Å²) in [4.78, 5) is 49.5. The highest BCUT2D eigenvalue weighted by Gasteiger charge is 2.54. The van der Waals surface area contributed by atoms with Crippen LogP contribution in [0.2, 0.25) is 0 Å². The molecule has 3 N–H and O–H groups in total.